The Morgan fingerprint density at radius 3 is 2.28 bits per heavy atom. The van der Waals surface area contributed by atoms with Crippen molar-refractivity contribution in [3.05, 3.63) is 34.4 Å². The summed E-state index contributed by atoms with van der Waals surface area (Å²) in [5.74, 6) is 0. The monoisotopic (exact) mass is 249 g/mol. The van der Waals surface area contributed by atoms with Gasteiger partial charge in [-0.25, -0.2) is 0 Å². The summed E-state index contributed by atoms with van der Waals surface area (Å²) in [4.78, 5) is 12.4. The second-order valence-corrected chi connectivity index (χ2v) is 4.95. The van der Waals surface area contributed by atoms with Crippen LogP contribution in [0.2, 0.25) is 0 Å². The van der Waals surface area contributed by atoms with Crippen molar-refractivity contribution in [3.63, 3.8) is 0 Å². The highest BCUT2D eigenvalue weighted by molar-refractivity contribution is 5.51. The third-order valence-electron chi connectivity index (χ3n) is 3.76. The molecule has 0 radical (unpaired) electrons. The van der Waals surface area contributed by atoms with Crippen molar-refractivity contribution in [1.82, 2.24) is 0 Å². The van der Waals surface area contributed by atoms with E-state index in [1.807, 2.05) is 19.2 Å². The summed E-state index contributed by atoms with van der Waals surface area (Å²) in [7, 11) is 2.04. The van der Waals surface area contributed by atoms with E-state index in [1.54, 1.807) is 12.1 Å². The number of anilines is 1. The number of nitrogens with zero attached hydrogens (tertiary/aromatic N) is 2. The molecule has 0 amide bonds. The summed E-state index contributed by atoms with van der Waals surface area (Å²) in [5, 5.41) is 10.6. The lowest BCUT2D eigenvalue weighted by Gasteiger charge is -2.34. The van der Waals surface area contributed by atoms with Gasteiger partial charge in [-0.3, -0.25) is 10.1 Å². The molecule has 1 saturated carbocycles. The Morgan fingerprint density at radius 1 is 1.22 bits per heavy atom. The Kier molecular flexibility index (Phi) is 3.81. The number of nitrogens with two attached hydrogens (primary N) is 1. The molecule has 0 bridgehead atoms. The van der Waals surface area contributed by atoms with E-state index in [0.717, 1.165) is 31.4 Å². The molecule has 18 heavy (non-hydrogen) atoms. The summed E-state index contributed by atoms with van der Waals surface area (Å²) in [6.45, 7) is 0. The number of nitro benzene ring substituents is 1. The zero-order valence-corrected chi connectivity index (χ0v) is 10.6. The fourth-order valence-corrected chi connectivity index (χ4v) is 2.51. The third kappa shape index (κ3) is 2.79. The molecule has 0 saturated heterocycles. The van der Waals surface area contributed by atoms with E-state index in [2.05, 4.69) is 4.90 Å². The van der Waals surface area contributed by atoms with Crippen LogP contribution >= 0.6 is 0 Å². The maximum Gasteiger partial charge on any atom is 0.269 e. The quantitative estimate of drug-likeness (QED) is 0.659. The van der Waals surface area contributed by atoms with E-state index in [0.29, 0.717) is 12.1 Å². The zero-order valence-electron chi connectivity index (χ0n) is 10.6. The highest BCUT2D eigenvalue weighted by Gasteiger charge is 2.22. The van der Waals surface area contributed by atoms with Crippen LogP contribution in [0.15, 0.2) is 24.3 Å². The van der Waals surface area contributed by atoms with Crippen LogP contribution < -0.4 is 10.6 Å². The van der Waals surface area contributed by atoms with Crippen LogP contribution in [0.1, 0.15) is 25.7 Å². The van der Waals surface area contributed by atoms with Gasteiger partial charge in [0, 0.05) is 37.0 Å². The van der Waals surface area contributed by atoms with E-state index >= 15 is 0 Å². The fraction of sp³-hybridized carbons (Fsp3) is 0.538. The molecule has 2 N–H and O–H groups in total. The van der Waals surface area contributed by atoms with Crippen molar-refractivity contribution in [2.24, 2.45) is 5.73 Å². The number of hydrogen-bond acceptors (Lipinski definition) is 4. The van der Waals surface area contributed by atoms with Crippen LogP contribution in [0, 0.1) is 10.1 Å². The molecular weight excluding hydrogens is 230 g/mol. The standard InChI is InChI=1S/C13H19N3O2/c1-15(11-4-2-10(14)3-5-11)12-6-8-13(9-7-12)16(17)18/h6-11H,2-5,14H2,1H3. The van der Waals surface area contributed by atoms with Crippen molar-refractivity contribution < 1.29 is 4.92 Å². The maximum absolute atomic E-state index is 10.6. The largest absolute Gasteiger partial charge is 0.372 e. The smallest absolute Gasteiger partial charge is 0.269 e. The Balaban J connectivity index is 2.04. The second kappa shape index (κ2) is 5.35. The molecule has 1 fully saturated rings. The Bertz CT molecular complexity index is 411. The molecule has 98 valence electrons. The Hall–Kier alpha value is -1.62. The summed E-state index contributed by atoms with van der Waals surface area (Å²) >= 11 is 0. The van der Waals surface area contributed by atoms with Gasteiger partial charge in [0.2, 0.25) is 0 Å². The van der Waals surface area contributed by atoms with E-state index in [-0.39, 0.29) is 10.6 Å². The summed E-state index contributed by atoms with van der Waals surface area (Å²) in [6, 6.07) is 7.57. The molecule has 0 aromatic heterocycles. The zero-order chi connectivity index (χ0) is 13.1. The molecule has 5 heteroatoms. The number of non-ortho nitro benzene ring substituents is 1. The lowest BCUT2D eigenvalue weighted by atomic mass is 9.91. The van der Waals surface area contributed by atoms with Crippen molar-refractivity contribution in [2.75, 3.05) is 11.9 Å². The number of rotatable bonds is 3. The van der Waals surface area contributed by atoms with Gasteiger partial charge in [-0.15, -0.1) is 0 Å². The van der Waals surface area contributed by atoms with E-state index in [1.165, 1.54) is 0 Å². The van der Waals surface area contributed by atoms with Gasteiger partial charge in [-0.1, -0.05) is 0 Å². The van der Waals surface area contributed by atoms with Crippen LogP contribution in [-0.4, -0.2) is 24.1 Å². The van der Waals surface area contributed by atoms with Crippen LogP contribution in [0.5, 0.6) is 0 Å². The first-order valence-corrected chi connectivity index (χ1v) is 6.31. The van der Waals surface area contributed by atoms with Crippen molar-refractivity contribution in [3.8, 4) is 0 Å². The van der Waals surface area contributed by atoms with Crippen molar-refractivity contribution in [2.45, 2.75) is 37.8 Å². The normalized spacial score (nSPS) is 23.7. The summed E-state index contributed by atoms with van der Waals surface area (Å²) in [5.41, 5.74) is 7.06. The number of benzene rings is 1. The van der Waals surface area contributed by atoms with E-state index in [9.17, 15) is 10.1 Å². The first-order valence-electron chi connectivity index (χ1n) is 6.31. The van der Waals surface area contributed by atoms with Crippen LogP contribution in [0.3, 0.4) is 0 Å². The lowest BCUT2D eigenvalue weighted by molar-refractivity contribution is -0.384. The molecular formula is C13H19N3O2. The van der Waals surface area contributed by atoms with Gasteiger partial charge < -0.3 is 10.6 Å². The predicted octanol–water partition coefficient (Wildman–Crippen LogP) is 2.30. The Labute approximate surface area is 107 Å². The lowest BCUT2D eigenvalue weighted by Crippen LogP contribution is -2.38. The van der Waals surface area contributed by atoms with Gasteiger partial charge in [0.1, 0.15) is 0 Å². The molecule has 0 unspecified atom stereocenters. The molecule has 2 rings (SSSR count). The molecule has 5 nitrogen and oxygen atoms in total. The topological polar surface area (TPSA) is 72.4 Å². The third-order valence-corrected chi connectivity index (χ3v) is 3.76. The van der Waals surface area contributed by atoms with Crippen LogP contribution in [-0.2, 0) is 0 Å². The minimum atomic E-state index is -0.372. The summed E-state index contributed by atoms with van der Waals surface area (Å²) < 4.78 is 0. The average molecular weight is 249 g/mol. The molecule has 1 aromatic carbocycles. The van der Waals surface area contributed by atoms with Crippen molar-refractivity contribution >= 4 is 11.4 Å². The minimum Gasteiger partial charge on any atom is -0.372 e. The SMILES string of the molecule is CN(c1ccc([N+](=O)[O-])cc1)C1CCC(N)CC1. The first kappa shape index (κ1) is 12.8. The second-order valence-electron chi connectivity index (χ2n) is 4.95. The predicted molar refractivity (Wildman–Crippen MR) is 71.7 cm³/mol. The van der Waals surface area contributed by atoms with Crippen LogP contribution in [0.25, 0.3) is 0 Å². The number of hydrogen-bond donors (Lipinski definition) is 1. The molecule has 1 aliphatic rings. The van der Waals surface area contributed by atoms with Gasteiger partial charge in [-0.2, -0.15) is 0 Å². The summed E-state index contributed by atoms with van der Waals surface area (Å²) in [6.07, 6.45) is 4.30. The molecule has 0 atom stereocenters. The molecule has 0 aliphatic heterocycles. The highest BCUT2D eigenvalue weighted by Crippen LogP contribution is 2.26. The molecule has 1 aromatic rings. The molecule has 0 spiro atoms. The van der Waals surface area contributed by atoms with Crippen molar-refractivity contribution in [1.29, 1.82) is 0 Å². The van der Waals surface area contributed by atoms with Gasteiger partial charge in [0.25, 0.3) is 5.69 Å². The van der Waals surface area contributed by atoms with E-state index in [4.69, 9.17) is 5.73 Å². The molecule has 0 heterocycles. The van der Waals surface area contributed by atoms with E-state index < -0.39 is 0 Å². The van der Waals surface area contributed by atoms with Gasteiger partial charge in [0.05, 0.1) is 4.92 Å². The molecule has 1 aliphatic carbocycles. The highest BCUT2D eigenvalue weighted by atomic mass is 16.6. The first-order chi connectivity index (χ1) is 8.58. The fourth-order valence-electron chi connectivity index (χ4n) is 2.51. The maximum atomic E-state index is 10.6. The van der Waals surface area contributed by atoms with Crippen LogP contribution in [0.4, 0.5) is 11.4 Å². The average Bonchev–Trinajstić information content (AvgIpc) is 2.39. The van der Waals surface area contributed by atoms with Gasteiger partial charge >= 0.3 is 0 Å². The number of nitro groups is 1. The van der Waals surface area contributed by atoms with Gasteiger partial charge in [0.15, 0.2) is 0 Å². The van der Waals surface area contributed by atoms with Gasteiger partial charge in [-0.05, 0) is 37.8 Å². The Morgan fingerprint density at radius 2 is 1.78 bits per heavy atom. The minimum absolute atomic E-state index is 0.137.